The highest BCUT2D eigenvalue weighted by atomic mass is 16.2. The van der Waals surface area contributed by atoms with Crippen molar-refractivity contribution in [2.45, 2.75) is 32.1 Å². The van der Waals surface area contributed by atoms with E-state index in [1.165, 1.54) is 6.42 Å². The number of carbonyl (C=O) groups excluding carboxylic acids is 3. The molecular formula is C12H16N2O3. The van der Waals surface area contributed by atoms with E-state index in [9.17, 15) is 14.4 Å². The number of nitrogens with one attached hydrogen (secondary N) is 2. The van der Waals surface area contributed by atoms with Gasteiger partial charge in [0.2, 0.25) is 5.91 Å². The molecule has 0 unspecified atom stereocenters. The second-order valence-corrected chi connectivity index (χ2v) is 4.54. The fraction of sp³-hybridized carbons (Fsp3) is 0.583. The minimum Gasteiger partial charge on any atom is -0.343 e. The van der Waals surface area contributed by atoms with Crippen LogP contribution in [0.1, 0.15) is 32.1 Å². The third-order valence-electron chi connectivity index (χ3n) is 3.20. The van der Waals surface area contributed by atoms with Gasteiger partial charge in [0, 0.05) is 0 Å². The van der Waals surface area contributed by atoms with Gasteiger partial charge in [-0.15, -0.1) is 0 Å². The molecule has 1 aliphatic heterocycles. The summed E-state index contributed by atoms with van der Waals surface area (Å²) >= 11 is 0. The molecule has 1 heterocycles. The lowest BCUT2D eigenvalue weighted by Crippen LogP contribution is -2.32. The van der Waals surface area contributed by atoms with Crippen molar-refractivity contribution in [3.05, 3.63) is 11.6 Å². The zero-order valence-corrected chi connectivity index (χ0v) is 9.62. The van der Waals surface area contributed by atoms with Gasteiger partial charge in [-0.2, -0.15) is 0 Å². The fourth-order valence-electron chi connectivity index (χ4n) is 2.28. The van der Waals surface area contributed by atoms with E-state index in [1.807, 2.05) is 0 Å². The van der Waals surface area contributed by atoms with Gasteiger partial charge in [-0.3, -0.25) is 19.7 Å². The minimum absolute atomic E-state index is 0.0859. The smallest absolute Gasteiger partial charge is 0.263 e. The van der Waals surface area contributed by atoms with E-state index in [0.29, 0.717) is 0 Å². The Bertz CT molecular complexity index is 381. The van der Waals surface area contributed by atoms with E-state index in [2.05, 4.69) is 10.6 Å². The topological polar surface area (TPSA) is 75.3 Å². The van der Waals surface area contributed by atoms with Crippen molar-refractivity contribution in [3.63, 3.8) is 0 Å². The minimum atomic E-state index is -0.574. The van der Waals surface area contributed by atoms with Crippen LogP contribution in [0.2, 0.25) is 0 Å². The molecule has 2 fully saturated rings. The predicted molar refractivity (Wildman–Crippen MR) is 60.8 cm³/mol. The van der Waals surface area contributed by atoms with Crippen LogP contribution in [0.25, 0.3) is 0 Å². The van der Waals surface area contributed by atoms with Gasteiger partial charge in [-0.1, -0.05) is 25.3 Å². The number of rotatable bonds is 1. The number of amides is 3. The van der Waals surface area contributed by atoms with Crippen LogP contribution in [0.4, 0.5) is 0 Å². The van der Waals surface area contributed by atoms with Crippen LogP contribution in [0.15, 0.2) is 11.6 Å². The van der Waals surface area contributed by atoms with Gasteiger partial charge in [-0.25, -0.2) is 0 Å². The van der Waals surface area contributed by atoms with Crippen molar-refractivity contribution in [3.8, 4) is 0 Å². The molecule has 5 nitrogen and oxygen atoms in total. The van der Waals surface area contributed by atoms with Crippen LogP contribution in [0, 0.1) is 5.92 Å². The molecule has 2 rings (SSSR count). The molecule has 2 aliphatic rings. The molecule has 2 N–H and O–H groups in total. The summed E-state index contributed by atoms with van der Waals surface area (Å²) in [4.78, 5) is 34.4. The lowest BCUT2D eigenvalue weighted by Gasteiger charge is -2.18. The standard InChI is InChI=1S/C12H16N2O3/c15-10-7-13-11(16)9(12(17)14-10)6-8-4-2-1-3-5-8/h6,8H,1-5,7H2,(H,13,16)(H,14,15,17)/b9-6+. The van der Waals surface area contributed by atoms with Crippen molar-refractivity contribution >= 4 is 17.7 Å². The van der Waals surface area contributed by atoms with Crippen LogP contribution in [0.5, 0.6) is 0 Å². The Balaban J connectivity index is 2.15. The summed E-state index contributed by atoms with van der Waals surface area (Å²) in [5, 5.41) is 4.61. The molecule has 0 aromatic carbocycles. The fourth-order valence-corrected chi connectivity index (χ4v) is 2.28. The molecule has 0 radical (unpaired) electrons. The molecule has 92 valence electrons. The number of imide groups is 1. The van der Waals surface area contributed by atoms with E-state index in [1.54, 1.807) is 6.08 Å². The largest absolute Gasteiger partial charge is 0.343 e. The first-order valence-corrected chi connectivity index (χ1v) is 6.01. The molecule has 1 aliphatic carbocycles. The van der Waals surface area contributed by atoms with Gasteiger partial charge >= 0.3 is 0 Å². The molecule has 3 amide bonds. The predicted octanol–water partition coefficient (Wildman–Crippen LogP) is 0.266. The molecule has 1 saturated carbocycles. The van der Waals surface area contributed by atoms with Crippen LogP contribution in [0.3, 0.4) is 0 Å². The summed E-state index contributed by atoms with van der Waals surface area (Å²) in [7, 11) is 0. The third kappa shape index (κ3) is 2.93. The van der Waals surface area contributed by atoms with Crippen LogP contribution in [-0.4, -0.2) is 24.3 Å². The Morgan fingerprint density at radius 2 is 1.71 bits per heavy atom. The first-order valence-electron chi connectivity index (χ1n) is 6.01. The molecule has 5 heteroatoms. The van der Waals surface area contributed by atoms with Crippen molar-refractivity contribution in [2.24, 2.45) is 5.92 Å². The van der Waals surface area contributed by atoms with Crippen molar-refractivity contribution < 1.29 is 14.4 Å². The number of carbonyl (C=O) groups is 3. The van der Waals surface area contributed by atoms with E-state index >= 15 is 0 Å². The first-order chi connectivity index (χ1) is 8.16. The van der Waals surface area contributed by atoms with Crippen LogP contribution >= 0.6 is 0 Å². The molecule has 1 saturated heterocycles. The average Bonchev–Trinajstić information content (AvgIpc) is 2.44. The summed E-state index contributed by atoms with van der Waals surface area (Å²) < 4.78 is 0. The van der Waals surface area contributed by atoms with Gasteiger partial charge in [0.1, 0.15) is 5.57 Å². The van der Waals surface area contributed by atoms with Crippen molar-refractivity contribution in [1.29, 1.82) is 0 Å². The van der Waals surface area contributed by atoms with Crippen LogP contribution < -0.4 is 10.6 Å². The third-order valence-corrected chi connectivity index (χ3v) is 3.20. The second kappa shape index (κ2) is 5.12. The van der Waals surface area contributed by atoms with E-state index in [4.69, 9.17) is 0 Å². The highest BCUT2D eigenvalue weighted by molar-refractivity contribution is 6.23. The molecular weight excluding hydrogens is 220 g/mol. The molecule has 0 bridgehead atoms. The average molecular weight is 236 g/mol. The maximum atomic E-state index is 11.7. The van der Waals surface area contributed by atoms with Gasteiger partial charge in [0.25, 0.3) is 11.8 Å². The Hall–Kier alpha value is -1.65. The van der Waals surface area contributed by atoms with Gasteiger partial charge < -0.3 is 5.32 Å². The Morgan fingerprint density at radius 1 is 1.00 bits per heavy atom. The van der Waals surface area contributed by atoms with Crippen molar-refractivity contribution in [1.82, 2.24) is 10.6 Å². The number of hydrogen-bond donors (Lipinski definition) is 2. The molecule has 0 spiro atoms. The Morgan fingerprint density at radius 3 is 2.41 bits per heavy atom. The summed E-state index contributed by atoms with van der Waals surface area (Å²) in [6, 6.07) is 0. The summed E-state index contributed by atoms with van der Waals surface area (Å²) in [6.07, 6.45) is 7.24. The number of hydrogen-bond acceptors (Lipinski definition) is 3. The van der Waals surface area contributed by atoms with Gasteiger partial charge in [0.05, 0.1) is 6.54 Å². The van der Waals surface area contributed by atoms with E-state index in [0.717, 1.165) is 25.7 Å². The second-order valence-electron chi connectivity index (χ2n) is 4.54. The van der Waals surface area contributed by atoms with Gasteiger partial charge in [0.15, 0.2) is 0 Å². The SMILES string of the molecule is O=C1CNC(=O)/C(=C\C2CCCCC2)C(=O)N1. The molecule has 0 aromatic rings. The first kappa shape index (κ1) is 11.8. The summed E-state index contributed by atoms with van der Waals surface area (Å²) in [5.41, 5.74) is 0.0859. The lowest BCUT2D eigenvalue weighted by atomic mass is 9.87. The molecule has 0 atom stereocenters. The summed E-state index contributed by atoms with van der Waals surface area (Å²) in [5.74, 6) is -1.20. The Kier molecular flexibility index (Phi) is 3.56. The summed E-state index contributed by atoms with van der Waals surface area (Å²) in [6.45, 7) is -0.132. The normalized spacial score (nSPS) is 25.4. The highest BCUT2D eigenvalue weighted by Gasteiger charge is 2.26. The van der Waals surface area contributed by atoms with Gasteiger partial charge in [-0.05, 0) is 18.8 Å². The zero-order chi connectivity index (χ0) is 12.3. The quantitative estimate of drug-likeness (QED) is 0.390. The molecule has 17 heavy (non-hydrogen) atoms. The van der Waals surface area contributed by atoms with E-state index in [-0.39, 0.29) is 18.0 Å². The zero-order valence-electron chi connectivity index (χ0n) is 9.62. The maximum Gasteiger partial charge on any atom is 0.263 e. The van der Waals surface area contributed by atoms with E-state index < -0.39 is 17.7 Å². The molecule has 0 aromatic heterocycles. The maximum absolute atomic E-state index is 11.7. The highest BCUT2D eigenvalue weighted by Crippen LogP contribution is 2.25. The Labute approximate surface area is 99.6 Å². The monoisotopic (exact) mass is 236 g/mol. The lowest BCUT2D eigenvalue weighted by molar-refractivity contribution is -0.127. The van der Waals surface area contributed by atoms with Crippen molar-refractivity contribution in [2.75, 3.05) is 6.54 Å². The number of allylic oxidation sites excluding steroid dienone is 1. The van der Waals surface area contributed by atoms with Crippen LogP contribution in [-0.2, 0) is 14.4 Å².